The van der Waals surface area contributed by atoms with Crippen LogP contribution >= 0.6 is 0 Å². The molecular formula is C6H11N3O4. The first-order valence-corrected chi connectivity index (χ1v) is 3.85. The second-order valence-electron chi connectivity index (χ2n) is 2.51. The average molecular weight is 189 g/mol. The van der Waals surface area contributed by atoms with Gasteiger partial charge in [-0.1, -0.05) is 0 Å². The summed E-state index contributed by atoms with van der Waals surface area (Å²) in [4.78, 5) is 26.4. The Morgan fingerprint density at radius 1 is 1.38 bits per heavy atom. The van der Waals surface area contributed by atoms with E-state index in [1.54, 1.807) is 0 Å². The summed E-state index contributed by atoms with van der Waals surface area (Å²) in [5.41, 5.74) is 1.81. The van der Waals surface area contributed by atoms with E-state index in [4.69, 9.17) is 5.11 Å². The normalized spacial score (nSPS) is 16.5. The first-order valence-electron chi connectivity index (χ1n) is 3.85. The molecule has 0 spiro atoms. The lowest BCUT2D eigenvalue weighted by Crippen LogP contribution is -2.50. The zero-order chi connectivity index (χ0) is 9.68. The van der Waals surface area contributed by atoms with Crippen LogP contribution in [0.3, 0.4) is 0 Å². The summed E-state index contributed by atoms with van der Waals surface area (Å²) in [7, 11) is 0. The van der Waals surface area contributed by atoms with Gasteiger partial charge in [0.15, 0.2) is 0 Å². The smallest absolute Gasteiger partial charge is 0.448 e. The Kier molecular flexibility index (Phi) is 3.32. The summed E-state index contributed by atoms with van der Waals surface area (Å²) in [6, 6.07) is -0.524. The third-order valence-corrected chi connectivity index (χ3v) is 1.63. The monoisotopic (exact) mass is 189 g/mol. The van der Waals surface area contributed by atoms with Crippen molar-refractivity contribution in [3.63, 3.8) is 0 Å². The zero-order valence-electron chi connectivity index (χ0n) is 6.95. The standard InChI is InChI=1S/C6H11N3O4/c10-5(8-13-6(11)12)9-3-1-7-2-4-9/h7H,1-4H2,(H,8,10)(H,11,12). The summed E-state index contributed by atoms with van der Waals surface area (Å²) in [5.74, 6) is 0. The van der Waals surface area contributed by atoms with Gasteiger partial charge in [0, 0.05) is 26.2 Å². The van der Waals surface area contributed by atoms with Crippen LogP contribution in [0.1, 0.15) is 0 Å². The number of amides is 2. The van der Waals surface area contributed by atoms with Crippen LogP contribution in [0.2, 0.25) is 0 Å². The van der Waals surface area contributed by atoms with E-state index in [9.17, 15) is 9.59 Å². The van der Waals surface area contributed by atoms with Crippen LogP contribution in [0.5, 0.6) is 0 Å². The maximum Gasteiger partial charge on any atom is 0.530 e. The van der Waals surface area contributed by atoms with Gasteiger partial charge in [0.1, 0.15) is 0 Å². The van der Waals surface area contributed by atoms with Crippen molar-refractivity contribution in [2.75, 3.05) is 26.2 Å². The molecule has 1 saturated heterocycles. The molecule has 1 fully saturated rings. The Bertz CT molecular complexity index is 202. The summed E-state index contributed by atoms with van der Waals surface area (Å²) >= 11 is 0. The number of urea groups is 1. The minimum atomic E-state index is -1.52. The molecule has 1 aliphatic rings. The van der Waals surface area contributed by atoms with E-state index >= 15 is 0 Å². The molecule has 0 radical (unpaired) electrons. The quantitative estimate of drug-likeness (QED) is 0.434. The molecule has 2 amide bonds. The molecule has 1 rings (SSSR count). The van der Waals surface area contributed by atoms with Gasteiger partial charge in [-0.2, -0.15) is 5.48 Å². The van der Waals surface area contributed by atoms with E-state index in [-0.39, 0.29) is 0 Å². The number of carbonyl (C=O) groups is 2. The number of carboxylic acid groups (broad SMARTS) is 1. The fourth-order valence-corrected chi connectivity index (χ4v) is 1.02. The van der Waals surface area contributed by atoms with Gasteiger partial charge in [-0.15, -0.1) is 0 Å². The number of hydrogen-bond acceptors (Lipinski definition) is 4. The summed E-state index contributed by atoms with van der Waals surface area (Å²) in [6.45, 7) is 2.52. The van der Waals surface area contributed by atoms with Gasteiger partial charge in [-0.25, -0.2) is 9.59 Å². The number of piperazine rings is 1. The SMILES string of the molecule is O=C(O)ONC(=O)N1CCNCC1. The molecular weight excluding hydrogens is 178 g/mol. The van der Waals surface area contributed by atoms with Crippen molar-refractivity contribution in [2.24, 2.45) is 0 Å². The number of hydroxylamine groups is 1. The van der Waals surface area contributed by atoms with E-state index in [2.05, 4.69) is 10.2 Å². The fourth-order valence-electron chi connectivity index (χ4n) is 1.02. The van der Waals surface area contributed by atoms with Crippen molar-refractivity contribution in [1.29, 1.82) is 0 Å². The van der Waals surface area contributed by atoms with Gasteiger partial charge >= 0.3 is 12.2 Å². The molecule has 0 aliphatic carbocycles. The Morgan fingerprint density at radius 2 is 2.00 bits per heavy atom. The van der Waals surface area contributed by atoms with Gasteiger partial charge in [0.2, 0.25) is 0 Å². The molecule has 0 unspecified atom stereocenters. The molecule has 7 heteroatoms. The molecule has 0 saturated carbocycles. The highest BCUT2D eigenvalue weighted by atomic mass is 16.8. The van der Waals surface area contributed by atoms with E-state index in [0.717, 1.165) is 0 Å². The highest BCUT2D eigenvalue weighted by molar-refractivity contribution is 5.74. The van der Waals surface area contributed by atoms with Crippen LogP contribution in [-0.4, -0.2) is 48.4 Å². The average Bonchev–Trinajstić information content (AvgIpc) is 2.15. The maximum absolute atomic E-state index is 11.1. The van der Waals surface area contributed by atoms with Crippen LogP contribution in [0.15, 0.2) is 0 Å². The zero-order valence-corrected chi connectivity index (χ0v) is 6.95. The Hall–Kier alpha value is -1.50. The first kappa shape index (κ1) is 9.59. The van der Waals surface area contributed by atoms with Crippen LogP contribution in [-0.2, 0) is 4.84 Å². The minimum absolute atomic E-state index is 0.524. The molecule has 0 atom stereocenters. The van der Waals surface area contributed by atoms with E-state index in [1.807, 2.05) is 5.48 Å². The molecule has 74 valence electrons. The van der Waals surface area contributed by atoms with Gasteiger partial charge < -0.3 is 20.2 Å². The summed E-state index contributed by atoms with van der Waals surface area (Å²) in [5, 5.41) is 11.1. The lowest BCUT2D eigenvalue weighted by Gasteiger charge is -2.26. The number of hydrogen-bond donors (Lipinski definition) is 3. The number of carbonyl (C=O) groups excluding carboxylic acids is 1. The number of nitrogens with one attached hydrogen (secondary N) is 2. The molecule has 1 heterocycles. The molecule has 0 aromatic heterocycles. The summed E-state index contributed by atoms with van der Waals surface area (Å²) < 4.78 is 0. The Morgan fingerprint density at radius 3 is 2.54 bits per heavy atom. The van der Waals surface area contributed by atoms with Crippen molar-refractivity contribution in [1.82, 2.24) is 15.7 Å². The lowest BCUT2D eigenvalue weighted by atomic mass is 10.4. The van der Waals surface area contributed by atoms with Crippen molar-refractivity contribution >= 4 is 12.2 Å². The second kappa shape index (κ2) is 4.51. The van der Waals surface area contributed by atoms with Crippen LogP contribution < -0.4 is 10.8 Å². The Labute approximate surface area is 74.6 Å². The molecule has 3 N–H and O–H groups in total. The molecule has 0 aromatic carbocycles. The highest BCUT2D eigenvalue weighted by Gasteiger charge is 2.16. The molecule has 13 heavy (non-hydrogen) atoms. The first-order chi connectivity index (χ1) is 6.20. The molecule has 7 nitrogen and oxygen atoms in total. The fraction of sp³-hybridized carbons (Fsp3) is 0.667. The van der Waals surface area contributed by atoms with Gasteiger partial charge in [-0.05, 0) is 0 Å². The van der Waals surface area contributed by atoms with Crippen LogP contribution in [0.4, 0.5) is 9.59 Å². The largest absolute Gasteiger partial charge is 0.530 e. The van der Waals surface area contributed by atoms with E-state index in [1.165, 1.54) is 4.90 Å². The molecule has 1 aliphatic heterocycles. The van der Waals surface area contributed by atoms with Crippen LogP contribution in [0, 0.1) is 0 Å². The predicted molar refractivity (Wildman–Crippen MR) is 42.1 cm³/mol. The Balaban J connectivity index is 2.25. The third-order valence-electron chi connectivity index (χ3n) is 1.63. The maximum atomic E-state index is 11.1. The van der Waals surface area contributed by atoms with Crippen molar-refractivity contribution in [3.05, 3.63) is 0 Å². The molecule has 0 bridgehead atoms. The van der Waals surface area contributed by atoms with Gasteiger partial charge in [0.25, 0.3) is 0 Å². The summed E-state index contributed by atoms with van der Waals surface area (Å²) in [6.07, 6.45) is -1.52. The van der Waals surface area contributed by atoms with Crippen molar-refractivity contribution in [2.45, 2.75) is 0 Å². The van der Waals surface area contributed by atoms with Crippen molar-refractivity contribution in [3.8, 4) is 0 Å². The predicted octanol–water partition coefficient (Wildman–Crippen LogP) is -0.789. The minimum Gasteiger partial charge on any atom is -0.448 e. The van der Waals surface area contributed by atoms with Crippen LogP contribution in [0.25, 0.3) is 0 Å². The van der Waals surface area contributed by atoms with Crippen molar-refractivity contribution < 1.29 is 19.5 Å². The topological polar surface area (TPSA) is 90.9 Å². The number of rotatable bonds is 0. The number of nitrogens with zero attached hydrogens (tertiary/aromatic N) is 1. The van der Waals surface area contributed by atoms with Gasteiger partial charge in [-0.3, -0.25) is 0 Å². The highest BCUT2D eigenvalue weighted by Crippen LogP contribution is 1.92. The lowest BCUT2D eigenvalue weighted by molar-refractivity contribution is 0.0466. The van der Waals surface area contributed by atoms with E-state index < -0.39 is 12.2 Å². The molecule has 0 aromatic rings. The van der Waals surface area contributed by atoms with Gasteiger partial charge in [0.05, 0.1) is 0 Å². The van der Waals surface area contributed by atoms with E-state index in [0.29, 0.717) is 26.2 Å². The second-order valence-corrected chi connectivity index (χ2v) is 2.51. The third kappa shape index (κ3) is 3.16.